The normalized spacial score (nSPS) is 12.0. The SMILES string of the molecule is COCC(CBr)NC(=O)c1cc(Cl)ccc1OC. The molecule has 1 amide bonds. The summed E-state index contributed by atoms with van der Waals surface area (Å²) in [6, 6.07) is 4.81. The molecule has 0 saturated carbocycles. The molecular weight excluding hydrogens is 321 g/mol. The zero-order valence-electron chi connectivity index (χ0n) is 10.2. The van der Waals surface area contributed by atoms with E-state index in [-0.39, 0.29) is 11.9 Å². The fourth-order valence-electron chi connectivity index (χ4n) is 1.45. The molecule has 0 aliphatic heterocycles. The van der Waals surface area contributed by atoms with E-state index in [1.807, 2.05) is 0 Å². The first-order valence-electron chi connectivity index (χ1n) is 5.31. The van der Waals surface area contributed by atoms with Gasteiger partial charge in [-0.25, -0.2) is 0 Å². The number of carbonyl (C=O) groups is 1. The fourth-order valence-corrected chi connectivity index (χ4v) is 1.97. The van der Waals surface area contributed by atoms with E-state index in [1.165, 1.54) is 7.11 Å². The smallest absolute Gasteiger partial charge is 0.255 e. The first kappa shape index (κ1) is 15.3. The van der Waals surface area contributed by atoms with Crippen LogP contribution in [0.1, 0.15) is 10.4 Å². The van der Waals surface area contributed by atoms with Gasteiger partial charge in [0.2, 0.25) is 0 Å². The summed E-state index contributed by atoms with van der Waals surface area (Å²) in [6.45, 7) is 0.430. The standard InChI is InChI=1S/C12H15BrClNO3/c1-17-7-9(6-13)15-12(16)10-5-8(14)3-4-11(10)18-2/h3-5,9H,6-7H2,1-2H3,(H,15,16). The Morgan fingerprint density at radius 2 is 2.22 bits per heavy atom. The summed E-state index contributed by atoms with van der Waals surface area (Å²) in [5.41, 5.74) is 0.409. The van der Waals surface area contributed by atoms with Crippen molar-refractivity contribution in [1.29, 1.82) is 0 Å². The van der Waals surface area contributed by atoms with Gasteiger partial charge in [-0.05, 0) is 18.2 Å². The van der Waals surface area contributed by atoms with Crippen LogP contribution in [-0.2, 0) is 4.74 Å². The number of methoxy groups -OCH3 is 2. The Morgan fingerprint density at radius 3 is 2.78 bits per heavy atom. The van der Waals surface area contributed by atoms with Crippen molar-refractivity contribution in [3.8, 4) is 5.75 Å². The van der Waals surface area contributed by atoms with Crippen molar-refractivity contribution in [3.63, 3.8) is 0 Å². The highest BCUT2D eigenvalue weighted by atomic mass is 79.9. The van der Waals surface area contributed by atoms with E-state index in [2.05, 4.69) is 21.2 Å². The Kier molecular flexibility index (Phi) is 6.46. The summed E-state index contributed by atoms with van der Waals surface area (Å²) in [5, 5.41) is 3.93. The fraction of sp³-hybridized carbons (Fsp3) is 0.417. The average Bonchev–Trinajstić information content (AvgIpc) is 2.38. The van der Waals surface area contributed by atoms with Crippen LogP contribution in [-0.4, -0.2) is 38.1 Å². The van der Waals surface area contributed by atoms with Crippen LogP contribution in [0.2, 0.25) is 5.02 Å². The third-order valence-corrected chi connectivity index (χ3v) is 3.31. The van der Waals surface area contributed by atoms with Crippen molar-refractivity contribution in [2.45, 2.75) is 6.04 Å². The molecule has 0 heterocycles. The van der Waals surface area contributed by atoms with E-state index in [4.69, 9.17) is 21.1 Å². The van der Waals surface area contributed by atoms with E-state index < -0.39 is 0 Å². The van der Waals surface area contributed by atoms with Crippen molar-refractivity contribution >= 4 is 33.4 Å². The topological polar surface area (TPSA) is 47.6 Å². The molecule has 6 heteroatoms. The second-order valence-electron chi connectivity index (χ2n) is 3.62. The highest BCUT2D eigenvalue weighted by Crippen LogP contribution is 2.22. The van der Waals surface area contributed by atoms with Crippen LogP contribution in [0.25, 0.3) is 0 Å². The molecule has 0 aliphatic rings. The number of amides is 1. The predicted molar refractivity (Wildman–Crippen MR) is 74.9 cm³/mol. The molecule has 0 spiro atoms. The summed E-state index contributed by atoms with van der Waals surface area (Å²) in [4.78, 5) is 12.1. The molecule has 0 radical (unpaired) electrons. The van der Waals surface area contributed by atoms with Crippen LogP contribution < -0.4 is 10.1 Å². The van der Waals surface area contributed by atoms with E-state index in [9.17, 15) is 4.79 Å². The number of alkyl halides is 1. The molecular formula is C12H15BrClNO3. The molecule has 1 atom stereocenters. The molecule has 0 aromatic heterocycles. The van der Waals surface area contributed by atoms with E-state index >= 15 is 0 Å². The number of ether oxygens (including phenoxy) is 2. The quantitative estimate of drug-likeness (QED) is 0.812. The minimum Gasteiger partial charge on any atom is -0.496 e. The lowest BCUT2D eigenvalue weighted by Gasteiger charge is -2.16. The van der Waals surface area contributed by atoms with Crippen LogP contribution in [0.3, 0.4) is 0 Å². The largest absolute Gasteiger partial charge is 0.496 e. The van der Waals surface area contributed by atoms with E-state index in [0.717, 1.165) is 0 Å². The second kappa shape index (κ2) is 7.61. The Bertz CT molecular complexity index is 414. The van der Waals surface area contributed by atoms with Gasteiger partial charge < -0.3 is 14.8 Å². The third-order valence-electron chi connectivity index (χ3n) is 2.30. The number of hydrogen-bond acceptors (Lipinski definition) is 3. The van der Waals surface area contributed by atoms with Gasteiger partial charge in [0.15, 0.2) is 0 Å². The Hall–Kier alpha value is -0.780. The van der Waals surface area contributed by atoms with Crippen molar-refractivity contribution in [2.24, 2.45) is 0 Å². The minimum absolute atomic E-state index is 0.105. The summed E-state index contributed by atoms with van der Waals surface area (Å²) < 4.78 is 10.1. The predicted octanol–water partition coefficient (Wildman–Crippen LogP) is 2.49. The summed E-state index contributed by atoms with van der Waals surface area (Å²) in [6.07, 6.45) is 0. The van der Waals surface area contributed by atoms with Crippen LogP contribution >= 0.6 is 27.5 Å². The molecule has 0 bridgehead atoms. The number of rotatable bonds is 6. The van der Waals surface area contributed by atoms with E-state index in [1.54, 1.807) is 25.3 Å². The number of nitrogens with one attached hydrogen (secondary N) is 1. The van der Waals surface area contributed by atoms with Crippen molar-refractivity contribution < 1.29 is 14.3 Å². The maximum absolute atomic E-state index is 12.1. The molecule has 1 N–H and O–H groups in total. The second-order valence-corrected chi connectivity index (χ2v) is 4.71. The van der Waals surface area contributed by atoms with E-state index in [0.29, 0.717) is 28.3 Å². The number of halogens is 2. The van der Waals surface area contributed by atoms with Gasteiger partial charge in [0.05, 0.1) is 25.3 Å². The molecule has 100 valence electrons. The number of hydrogen-bond donors (Lipinski definition) is 1. The van der Waals surface area contributed by atoms with Gasteiger partial charge in [0, 0.05) is 17.5 Å². The molecule has 1 aromatic rings. The zero-order chi connectivity index (χ0) is 13.5. The maximum Gasteiger partial charge on any atom is 0.255 e. The van der Waals surface area contributed by atoms with Gasteiger partial charge in [-0.1, -0.05) is 27.5 Å². The lowest BCUT2D eigenvalue weighted by molar-refractivity contribution is 0.0905. The lowest BCUT2D eigenvalue weighted by Crippen LogP contribution is -2.39. The Labute approximate surface area is 120 Å². The highest BCUT2D eigenvalue weighted by Gasteiger charge is 2.16. The van der Waals surface area contributed by atoms with Crippen LogP contribution in [0, 0.1) is 0 Å². The molecule has 1 unspecified atom stereocenters. The number of carbonyl (C=O) groups excluding carboxylic acids is 1. The molecule has 4 nitrogen and oxygen atoms in total. The summed E-state index contributed by atoms with van der Waals surface area (Å²) >= 11 is 9.20. The van der Waals surface area contributed by atoms with Gasteiger partial charge in [-0.3, -0.25) is 4.79 Å². The van der Waals surface area contributed by atoms with Gasteiger partial charge >= 0.3 is 0 Å². The van der Waals surface area contributed by atoms with Gasteiger partial charge in [-0.15, -0.1) is 0 Å². The average molecular weight is 337 g/mol. The third kappa shape index (κ3) is 4.15. The summed E-state index contributed by atoms with van der Waals surface area (Å²) in [5.74, 6) is 0.249. The molecule has 0 fully saturated rings. The summed E-state index contributed by atoms with van der Waals surface area (Å²) in [7, 11) is 3.10. The van der Waals surface area contributed by atoms with Gasteiger partial charge in [0.1, 0.15) is 5.75 Å². The molecule has 0 aliphatic carbocycles. The zero-order valence-corrected chi connectivity index (χ0v) is 12.5. The lowest BCUT2D eigenvalue weighted by atomic mass is 10.1. The number of benzene rings is 1. The molecule has 1 rings (SSSR count). The van der Waals surface area contributed by atoms with Crippen molar-refractivity contribution in [2.75, 3.05) is 26.2 Å². The molecule has 0 saturated heterocycles. The first-order valence-corrected chi connectivity index (χ1v) is 6.81. The highest BCUT2D eigenvalue weighted by molar-refractivity contribution is 9.09. The molecule has 1 aromatic carbocycles. The Morgan fingerprint density at radius 1 is 1.50 bits per heavy atom. The van der Waals surface area contributed by atoms with Crippen molar-refractivity contribution in [1.82, 2.24) is 5.32 Å². The monoisotopic (exact) mass is 335 g/mol. The Balaban J connectivity index is 2.85. The van der Waals surface area contributed by atoms with Crippen LogP contribution in [0.15, 0.2) is 18.2 Å². The molecule has 18 heavy (non-hydrogen) atoms. The first-order chi connectivity index (χ1) is 8.62. The maximum atomic E-state index is 12.1. The minimum atomic E-state index is -0.240. The van der Waals surface area contributed by atoms with Crippen LogP contribution in [0.5, 0.6) is 5.75 Å². The van der Waals surface area contributed by atoms with Crippen LogP contribution in [0.4, 0.5) is 0 Å². The van der Waals surface area contributed by atoms with Gasteiger partial charge in [0.25, 0.3) is 5.91 Å². The van der Waals surface area contributed by atoms with Gasteiger partial charge in [-0.2, -0.15) is 0 Å². The van der Waals surface area contributed by atoms with Crippen molar-refractivity contribution in [3.05, 3.63) is 28.8 Å².